The summed E-state index contributed by atoms with van der Waals surface area (Å²) < 4.78 is 11.1. The van der Waals surface area contributed by atoms with E-state index >= 15 is 0 Å². The molecule has 0 spiro atoms. The molecule has 5 rings (SSSR count). The number of nitrogens with zero attached hydrogens (tertiary/aromatic N) is 1. The highest BCUT2D eigenvalue weighted by Crippen LogP contribution is 2.37. The third-order valence-electron chi connectivity index (χ3n) is 6.88. The maximum atomic E-state index is 13.6. The van der Waals surface area contributed by atoms with E-state index in [-0.39, 0.29) is 29.0 Å². The Kier molecular flexibility index (Phi) is 10.5. The van der Waals surface area contributed by atoms with E-state index < -0.39 is 17.1 Å². The standard InChI is InChI=1S/C34H27BrClN3O6S/c1-44-28-13-11-20(15-25(28)35)16-27(38-32(41)21-7-4-3-5-8-21)33(42)37-22-9-6-10-24(17-22)46-30-19-31(40)39(34(30)43)23-12-14-29(45-2)26(36)18-23/h3-18,30H,19H2,1-2H3,(H,37,42)(H,38,41)/b27-16-. The smallest absolute Gasteiger partial charge is 0.272 e. The number of carbonyl (C=O) groups excluding carboxylic acids is 4. The lowest BCUT2D eigenvalue weighted by atomic mass is 10.1. The third kappa shape index (κ3) is 7.61. The van der Waals surface area contributed by atoms with Crippen molar-refractivity contribution in [3.63, 3.8) is 0 Å². The lowest BCUT2D eigenvalue weighted by Gasteiger charge is -2.16. The van der Waals surface area contributed by atoms with Crippen molar-refractivity contribution in [2.24, 2.45) is 0 Å². The van der Waals surface area contributed by atoms with Crippen LogP contribution in [0.5, 0.6) is 11.5 Å². The van der Waals surface area contributed by atoms with E-state index in [4.69, 9.17) is 21.1 Å². The molecule has 0 radical (unpaired) electrons. The molecule has 12 heteroatoms. The van der Waals surface area contributed by atoms with Crippen LogP contribution in [0.4, 0.5) is 11.4 Å². The van der Waals surface area contributed by atoms with E-state index in [1.54, 1.807) is 98.1 Å². The predicted molar refractivity (Wildman–Crippen MR) is 182 cm³/mol. The zero-order chi connectivity index (χ0) is 32.8. The second kappa shape index (κ2) is 14.7. The average Bonchev–Trinajstić information content (AvgIpc) is 3.32. The fraction of sp³-hybridized carbons (Fsp3) is 0.118. The van der Waals surface area contributed by atoms with E-state index in [2.05, 4.69) is 26.6 Å². The van der Waals surface area contributed by atoms with Crippen molar-refractivity contribution in [2.75, 3.05) is 24.4 Å². The molecule has 1 aliphatic heterocycles. The molecule has 9 nitrogen and oxygen atoms in total. The summed E-state index contributed by atoms with van der Waals surface area (Å²) in [5.41, 5.74) is 1.83. The molecule has 234 valence electrons. The third-order valence-corrected chi connectivity index (χ3v) is 8.98. The van der Waals surface area contributed by atoms with Crippen molar-refractivity contribution >= 4 is 80.4 Å². The molecule has 4 aromatic rings. The van der Waals surface area contributed by atoms with Gasteiger partial charge in [-0.15, -0.1) is 11.8 Å². The normalized spacial score (nSPS) is 14.7. The topological polar surface area (TPSA) is 114 Å². The van der Waals surface area contributed by atoms with Crippen LogP contribution in [-0.4, -0.2) is 43.1 Å². The first-order chi connectivity index (χ1) is 22.2. The van der Waals surface area contributed by atoms with Crippen molar-refractivity contribution in [1.82, 2.24) is 5.32 Å². The Bertz CT molecular complexity index is 1850. The molecular formula is C34H27BrClN3O6S. The second-order valence-electron chi connectivity index (χ2n) is 9.95. The Morgan fingerprint density at radius 3 is 2.37 bits per heavy atom. The van der Waals surface area contributed by atoms with Crippen molar-refractivity contribution in [3.8, 4) is 11.5 Å². The molecule has 1 fully saturated rings. The summed E-state index contributed by atoms with van der Waals surface area (Å²) in [5, 5.41) is 5.16. The van der Waals surface area contributed by atoms with Crippen molar-refractivity contribution in [2.45, 2.75) is 16.6 Å². The molecule has 0 saturated carbocycles. The predicted octanol–water partition coefficient (Wildman–Crippen LogP) is 6.95. The van der Waals surface area contributed by atoms with Crippen LogP contribution in [-0.2, 0) is 14.4 Å². The van der Waals surface area contributed by atoms with Crippen LogP contribution in [0, 0.1) is 0 Å². The van der Waals surface area contributed by atoms with Crippen LogP contribution in [0.2, 0.25) is 5.02 Å². The summed E-state index contributed by atoms with van der Waals surface area (Å²) in [6.07, 6.45) is 1.56. The molecule has 4 amide bonds. The molecule has 4 aromatic carbocycles. The molecule has 0 bridgehead atoms. The highest BCUT2D eigenvalue weighted by Gasteiger charge is 2.40. The Labute approximate surface area is 283 Å². The molecule has 1 saturated heterocycles. The number of thioether (sulfide) groups is 1. The number of hydrogen-bond acceptors (Lipinski definition) is 7. The van der Waals surface area contributed by atoms with Gasteiger partial charge in [-0.2, -0.15) is 0 Å². The number of halogens is 2. The number of imide groups is 1. The summed E-state index contributed by atoms with van der Waals surface area (Å²) >= 11 is 10.9. The monoisotopic (exact) mass is 719 g/mol. The summed E-state index contributed by atoms with van der Waals surface area (Å²) in [5.74, 6) is -0.681. The van der Waals surface area contributed by atoms with Gasteiger partial charge >= 0.3 is 0 Å². The van der Waals surface area contributed by atoms with Gasteiger partial charge in [-0.05, 0) is 88.2 Å². The van der Waals surface area contributed by atoms with E-state index in [1.807, 2.05) is 0 Å². The van der Waals surface area contributed by atoms with Gasteiger partial charge in [0.05, 0.1) is 34.7 Å². The van der Waals surface area contributed by atoms with Crippen LogP contribution in [0.1, 0.15) is 22.3 Å². The van der Waals surface area contributed by atoms with E-state index in [0.29, 0.717) is 43.4 Å². The molecule has 1 heterocycles. The number of nitrogens with one attached hydrogen (secondary N) is 2. The Morgan fingerprint density at radius 1 is 0.935 bits per heavy atom. The summed E-state index contributed by atoms with van der Waals surface area (Å²) in [6, 6.07) is 25.4. The summed E-state index contributed by atoms with van der Waals surface area (Å²) in [7, 11) is 3.03. The quantitative estimate of drug-likeness (QED) is 0.135. The van der Waals surface area contributed by atoms with Crippen LogP contribution in [0.3, 0.4) is 0 Å². The van der Waals surface area contributed by atoms with Gasteiger partial charge in [-0.3, -0.25) is 19.2 Å². The van der Waals surface area contributed by atoms with Crippen molar-refractivity contribution in [1.29, 1.82) is 0 Å². The van der Waals surface area contributed by atoms with E-state index in [0.717, 1.165) is 4.90 Å². The second-order valence-corrected chi connectivity index (χ2v) is 12.5. The maximum absolute atomic E-state index is 13.6. The Hall–Kier alpha value is -4.58. The number of hydrogen-bond donors (Lipinski definition) is 2. The number of rotatable bonds is 10. The van der Waals surface area contributed by atoms with Crippen molar-refractivity contribution < 1.29 is 28.7 Å². The molecule has 0 aliphatic carbocycles. The fourth-order valence-electron chi connectivity index (χ4n) is 4.65. The first kappa shape index (κ1) is 32.8. The minimum atomic E-state index is -0.673. The number of anilines is 2. The number of amides is 4. The number of carbonyl (C=O) groups is 4. The van der Waals surface area contributed by atoms with Gasteiger partial charge in [-0.25, -0.2) is 4.90 Å². The number of ether oxygens (including phenoxy) is 2. The zero-order valence-electron chi connectivity index (χ0n) is 24.6. The van der Waals surface area contributed by atoms with Crippen LogP contribution in [0.25, 0.3) is 6.08 Å². The minimum absolute atomic E-state index is 0.000437. The van der Waals surface area contributed by atoms with Gasteiger partial charge in [0, 0.05) is 22.6 Å². The Balaban J connectivity index is 1.34. The average molecular weight is 721 g/mol. The van der Waals surface area contributed by atoms with Gasteiger partial charge < -0.3 is 20.1 Å². The van der Waals surface area contributed by atoms with Crippen LogP contribution in [0.15, 0.2) is 106 Å². The highest BCUT2D eigenvalue weighted by molar-refractivity contribution is 9.10. The van der Waals surface area contributed by atoms with E-state index in [9.17, 15) is 19.2 Å². The van der Waals surface area contributed by atoms with Crippen LogP contribution >= 0.6 is 39.3 Å². The van der Waals surface area contributed by atoms with Crippen LogP contribution < -0.4 is 25.0 Å². The van der Waals surface area contributed by atoms with Gasteiger partial charge in [-0.1, -0.05) is 41.9 Å². The van der Waals surface area contributed by atoms with Crippen molar-refractivity contribution in [3.05, 3.63) is 117 Å². The molecule has 46 heavy (non-hydrogen) atoms. The van der Waals surface area contributed by atoms with Gasteiger partial charge in [0.2, 0.25) is 11.8 Å². The lowest BCUT2D eigenvalue weighted by Crippen LogP contribution is -2.31. The largest absolute Gasteiger partial charge is 0.496 e. The van der Waals surface area contributed by atoms with Gasteiger partial charge in [0.1, 0.15) is 17.2 Å². The molecular weight excluding hydrogens is 694 g/mol. The lowest BCUT2D eigenvalue weighted by molar-refractivity contribution is -0.121. The molecule has 2 N–H and O–H groups in total. The van der Waals surface area contributed by atoms with Gasteiger partial charge in [0.25, 0.3) is 11.8 Å². The summed E-state index contributed by atoms with van der Waals surface area (Å²) in [4.78, 5) is 54.5. The van der Waals surface area contributed by atoms with Gasteiger partial charge in [0.15, 0.2) is 0 Å². The van der Waals surface area contributed by atoms with E-state index in [1.165, 1.54) is 24.9 Å². The number of methoxy groups -OCH3 is 2. The molecule has 0 aromatic heterocycles. The number of benzene rings is 4. The fourth-order valence-corrected chi connectivity index (χ4v) is 6.58. The minimum Gasteiger partial charge on any atom is -0.496 e. The summed E-state index contributed by atoms with van der Waals surface area (Å²) in [6.45, 7) is 0. The highest BCUT2D eigenvalue weighted by atomic mass is 79.9. The SMILES string of the molecule is COc1ccc(N2C(=O)CC(Sc3cccc(NC(=O)/C(=C/c4ccc(OC)c(Br)c4)NC(=O)c4ccccc4)c3)C2=O)cc1Cl. The molecule has 1 aliphatic rings. The molecule has 1 unspecified atom stereocenters. The first-order valence-electron chi connectivity index (χ1n) is 13.9. The maximum Gasteiger partial charge on any atom is 0.272 e. The Morgan fingerprint density at radius 2 is 1.67 bits per heavy atom. The molecule has 1 atom stereocenters. The first-order valence-corrected chi connectivity index (χ1v) is 15.9. The zero-order valence-corrected chi connectivity index (χ0v) is 27.7.